The Morgan fingerprint density at radius 1 is 1.45 bits per heavy atom. The molecule has 20 heavy (non-hydrogen) atoms. The number of urea groups is 1. The molecule has 2 amide bonds. The highest BCUT2D eigenvalue weighted by Gasteiger charge is 2.26. The van der Waals surface area contributed by atoms with Gasteiger partial charge in [-0.2, -0.15) is 0 Å². The van der Waals surface area contributed by atoms with Crippen LogP contribution in [0.4, 0.5) is 4.79 Å². The first-order chi connectivity index (χ1) is 9.47. The van der Waals surface area contributed by atoms with E-state index in [2.05, 4.69) is 5.32 Å². The van der Waals surface area contributed by atoms with Gasteiger partial charge in [-0.15, -0.1) is 11.3 Å². The van der Waals surface area contributed by atoms with Crippen LogP contribution in [-0.2, 0) is 16.4 Å². The van der Waals surface area contributed by atoms with Crippen LogP contribution in [0.2, 0.25) is 0 Å². The maximum atomic E-state index is 12.1. The summed E-state index contributed by atoms with van der Waals surface area (Å²) in [6.45, 7) is 1.67. The molecule has 1 saturated heterocycles. The maximum Gasteiger partial charge on any atom is 0.317 e. The van der Waals surface area contributed by atoms with Crippen molar-refractivity contribution in [1.82, 2.24) is 10.2 Å². The lowest BCUT2D eigenvalue weighted by Gasteiger charge is -2.20. The second kappa shape index (κ2) is 6.58. The lowest BCUT2D eigenvalue weighted by molar-refractivity contribution is 0.199. The minimum Gasteiger partial charge on any atom is -0.333 e. The molecule has 1 aliphatic heterocycles. The Morgan fingerprint density at radius 3 is 2.90 bits per heavy atom. The fourth-order valence-corrected chi connectivity index (χ4v) is 4.16. The summed E-state index contributed by atoms with van der Waals surface area (Å²) < 4.78 is 23.2. The summed E-state index contributed by atoms with van der Waals surface area (Å²) in [5.74, 6) is 0. The first kappa shape index (κ1) is 15.3. The molecule has 2 rings (SSSR count). The fourth-order valence-electron chi connectivity index (χ4n) is 2.38. The predicted molar refractivity (Wildman–Crippen MR) is 80.6 cm³/mol. The van der Waals surface area contributed by atoms with Crippen LogP contribution in [-0.4, -0.2) is 43.9 Å². The molecular weight excluding hydrogens is 296 g/mol. The van der Waals surface area contributed by atoms with E-state index in [1.807, 2.05) is 17.5 Å². The van der Waals surface area contributed by atoms with E-state index in [9.17, 15) is 13.2 Å². The number of amides is 2. The lowest BCUT2D eigenvalue weighted by atomic mass is 10.2. The van der Waals surface area contributed by atoms with Crippen molar-refractivity contribution < 1.29 is 13.2 Å². The number of carbonyl (C=O) groups excluding carboxylic acids is 1. The molecule has 0 bridgehead atoms. The molecule has 112 valence electrons. The van der Waals surface area contributed by atoms with Crippen molar-refractivity contribution in [3.05, 3.63) is 22.4 Å². The smallest absolute Gasteiger partial charge is 0.317 e. The molecule has 1 N–H and O–H groups in total. The SMILES string of the molecule is CS(=O)(=O)C1CCCN(C(=O)NCc2cccs2)CC1. The van der Waals surface area contributed by atoms with E-state index in [-0.39, 0.29) is 11.3 Å². The van der Waals surface area contributed by atoms with E-state index >= 15 is 0 Å². The number of nitrogens with zero attached hydrogens (tertiary/aromatic N) is 1. The average Bonchev–Trinajstić information content (AvgIpc) is 2.76. The van der Waals surface area contributed by atoms with Crippen LogP contribution in [0.3, 0.4) is 0 Å². The molecule has 0 saturated carbocycles. The summed E-state index contributed by atoms with van der Waals surface area (Å²) in [4.78, 5) is 14.9. The van der Waals surface area contributed by atoms with Crippen LogP contribution in [0, 0.1) is 0 Å². The molecule has 1 aromatic heterocycles. The first-order valence-electron chi connectivity index (χ1n) is 6.71. The van der Waals surface area contributed by atoms with Gasteiger partial charge >= 0.3 is 6.03 Å². The van der Waals surface area contributed by atoms with E-state index in [0.29, 0.717) is 32.5 Å². The lowest BCUT2D eigenvalue weighted by Crippen LogP contribution is -2.40. The molecule has 5 nitrogen and oxygen atoms in total. The molecule has 1 unspecified atom stereocenters. The Hall–Kier alpha value is -1.08. The number of hydrogen-bond donors (Lipinski definition) is 1. The van der Waals surface area contributed by atoms with Gasteiger partial charge < -0.3 is 10.2 Å². The standard InChI is InChI=1S/C13H20N2O3S2/c1-20(17,18)12-5-2-7-15(8-6-12)13(16)14-10-11-4-3-9-19-11/h3-4,9,12H,2,5-8,10H2,1H3,(H,14,16). The van der Waals surface area contributed by atoms with E-state index in [4.69, 9.17) is 0 Å². The van der Waals surface area contributed by atoms with Gasteiger partial charge in [0.1, 0.15) is 9.84 Å². The molecule has 7 heteroatoms. The Bertz CT molecular complexity index is 540. The number of hydrogen-bond acceptors (Lipinski definition) is 4. The Morgan fingerprint density at radius 2 is 2.25 bits per heavy atom. The molecular formula is C13H20N2O3S2. The number of rotatable bonds is 3. The largest absolute Gasteiger partial charge is 0.333 e. The summed E-state index contributed by atoms with van der Waals surface area (Å²) in [5, 5.41) is 4.55. The third-order valence-corrected chi connectivity index (χ3v) is 6.12. The van der Waals surface area contributed by atoms with E-state index in [0.717, 1.165) is 11.3 Å². The fraction of sp³-hybridized carbons (Fsp3) is 0.615. The van der Waals surface area contributed by atoms with Crippen molar-refractivity contribution in [3.8, 4) is 0 Å². The molecule has 0 aliphatic carbocycles. The minimum absolute atomic E-state index is 0.104. The Labute approximate surface area is 123 Å². The zero-order valence-corrected chi connectivity index (χ0v) is 13.2. The zero-order valence-electron chi connectivity index (χ0n) is 11.5. The summed E-state index contributed by atoms with van der Waals surface area (Å²) in [7, 11) is -3.00. The topological polar surface area (TPSA) is 66.5 Å². The monoisotopic (exact) mass is 316 g/mol. The van der Waals surface area contributed by atoms with Crippen molar-refractivity contribution in [2.75, 3.05) is 19.3 Å². The van der Waals surface area contributed by atoms with Crippen molar-refractivity contribution >= 4 is 27.2 Å². The van der Waals surface area contributed by atoms with Crippen LogP contribution in [0.25, 0.3) is 0 Å². The molecule has 1 aromatic rings. The van der Waals surface area contributed by atoms with Crippen LogP contribution in [0.5, 0.6) is 0 Å². The molecule has 2 heterocycles. The first-order valence-corrected chi connectivity index (χ1v) is 9.54. The normalized spacial score (nSPS) is 20.4. The number of carbonyl (C=O) groups is 1. The number of nitrogens with one attached hydrogen (secondary N) is 1. The van der Waals surface area contributed by atoms with Gasteiger partial charge in [0.05, 0.1) is 11.8 Å². The van der Waals surface area contributed by atoms with Crippen molar-refractivity contribution in [1.29, 1.82) is 0 Å². The summed E-state index contributed by atoms with van der Waals surface area (Å²) >= 11 is 1.61. The highest BCUT2D eigenvalue weighted by molar-refractivity contribution is 7.91. The molecule has 1 aliphatic rings. The van der Waals surface area contributed by atoms with Crippen molar-refractivity contribution in [2.24, 2.45) is 0 Å². The van der Waals surface area contributed by atoms with E-state index in [1.54, 1.807) is 16.2 Å². The predicted octanol–water partition coefficient (Wildman–Crippen LogP) is 1.86. The van der Waals surface area contributed by atoms with Crippen molar-refractivity contribution in [3.63, 3.8) is 0 Å². The number of likely N-dealkylation sites (tertiary alicyclic amines) is 1. The highest BCUT2D eigenvalue weighted by Crippen LogP contribution is 2.17. The zero-order chi connectivity index (χ0) is 14.6. The van der Waals surface area contributed by atoms with Gasteiger partial charge in [-0.3, -0.25) is 0 Å². The Kier molecular flexibility index (Phi) is 5.04. The van der Waals surface area contributed by atoms with Crippen LogP contribution >= 0.6 is 11.3 Å². The van der Waals surface area contributed by atoms with Crippen molar-refractivity contribution in [2.45, 2.75) is 31.1 Å². The summed E-state index contributed by atoms with van der Waals surface area (Å²) in [6, 6.07) is 3.83. The maximum absolute atomic E-state index is 12.1. The van der Waals surface area contributed by atoms with Gasteiger partial charge in [0.25, 0.3) is 0 Å². The van der Waals surface area contributed by atoms with Crippen LogP contribution in [0.15, 0.2) is 17.5 Å². The Balaban J connectivity index is 1.85. The molecule has 1 fully saturated rings. The van der Waals surface area contributed by atoms with E-state index in [1.165, 1.54) is 6.26 Å². The molecule has 0 spiro atoms. The second-order valence-electron chi connectivity index (χ2n) is 5.11. The third kappa shape index (κ3) is 4.21. The average molecular weight is 316 g/mol. The minimum atomic E-state index is -3.00. The highest BCUT2D eigenvalue weighted by atomic mass is 32.2. The van der Waals surface area contributed by atoms with Gasteiger partial charge in [-0.05, 0) is 30.7 Å². The molecule has 0 aromatic carbocycles. The van der Waals surface area contributed by atoms with Gasteiger partial charge in [-0.25, -0.2) is 13.2 Å². The quantitative estimate of drug-likeness (QED) is 0.925. The van der Waals surface area contributed by atoms with Crippen LogP contribution in [0.1, 0.15) is 24.1 Å². The summed E-state index contributed by atoms with van der Waals surface area (Å²) in [6.07, 6.45) is 3.20. The molecule has 0 radical (unpaired) electrons. The van der Waals surface area contributed by atoms with Gasteiger partial charge in [0.2, 0.25) is 0 Å². The summed E-state index contributed by atoms with van der Waals surface area (Å²) in [5.41, 5.74) is 0. The van der Waals surface area contributed by atoms with Gasteiger partial charge in [0.15, 0.2) is 0 Å². The van der Waals surface area contributed by atoms with Gasteiger partial charge in [-0.1, -0.05) is 6.07 Å². The third-order valence-electron chi connectivity index (χ3n) is 3.56. The van der Waals surface area contributed by atoms with Gasteiger partial charge in [0, 0.05) is 24.2 Å². The van der Waals surface area contributed by atoms with E-state index < -0.39 is 9.84 Å². The number of sulfone groups is 1. The molecule has 1 atom stereocenters. The second-order valence-corrected chi connectivity index (χ2v) is 8.47. The number of thiophene rings is 1. The van der Waals surface area contributed by atoms with Crippen LogP contribution < -0.4 is 5.32 Å².